The molecule has 0 fully saturated rings. The molecule has 4 heterocycles. The first-order valence-corrected chi connectivity index (χ1v) is 34.6. The monoisotopic (exact) mass is 1260 g/mol. The Morgan fingerprint density at radius 3 is 0.896 bits per heavy atom. The molecule has 0 spiro atoms. The standard InChI is InChI=1S/C25H24N2.3C21H22N2/c1-15-26-23-14-21-19-12-8-6-10-17(19)16-9-5-7-11-18(16)20(21)13-22(23)24(27-15)25(2,3)4;1-13-22-19-12-17-10-15-8-6-5-7-14(15)9-16(17)11-18(19)20(23-13)21(2,3)4;1-13-22-19-11-15-10-9-14-7-5-6-8-16(14)17(15)12-18(19)20(23-13)21(2,3)4;1-13-22-19-12-17-15(10-9-14-7-5-6-8-16(14)17)11-18(19)20(23-13)21(2,3)4/h5-12H,13-14H2,1-4H3;3*5-10H,11-12H2,1-4H3. The van der Waals surface area contributed by atoms with Gasteiger partial charge in [0.2, 0.25) is 0 Å². The number of rotatable bonds is 0. The predicted molar refractivity (Wildman–Crippen MR) is 398 cm³/mol. The topological polar surface area (TPSA) is 103 Å². The second-order valence-corrected chi connectivity index (χ2v) is 31.5. The summed E-state index contributed by atoms with van der Waals surface area (Å²) < 4.78 is 0. The Morgan fingerprint density at radius 2 is 0.490 bits per heavy atom. The van der Waals surface area contributed by atoms with Gasteiger partial charge in [0.1, 0.15) is 23.3 Å². The number of aromatic nitrogens is 8. The second-order valence-electron chi connectivity index (χ2n) is 31.5. The van der Waals surface area contributed by atoms with E-state index in [1.54, 1.807) is 0 Å². The average molecular weight is 1260 g/mol. The van der Waals surface area contributed by atoms with Crippen molar-refractivity contribution in [2.24, 2.45) is 0 Å². The molecule has 8 heteroatoms. The van der Waals surface area contributed by atoms with Gasteiger partial charge in [-0.1, -0.05) is 241 Å². The van der Waals surface area contributed by atoms with Crippen LogP contribution >= 0.6 is 0 Å². The first-order valence-electron chi connectivity index (χ1n) is 34.6. The third-order valence-electron chi connectivity index (χ3n) is 20.0. The van der Waals surface area contributed by atoms with E-state index in [1.807, 2.05) is 27.7 Å². The van der Waals surface area contributed by atoms with Gasteiger partial charge in [-0.2, -0.15) is 0 Å². The maximum Gasteiger partial charge on any atom is 0.125 e. The molecule has 4 aromatic heterocycles. The van der Waals surface area contributed by atoms with Crippen molar-refractivity contribution in [3.05, 3.63) is 293 Å². The quantitative estimate of drug-likeness (QED) is 0.138. The molecule has 0 saturated heterocycles. The molecule has 0 bridgehead atoms. The number of fused-ring (bicyclic) bond motifs is 18. The minimum atomic E-state index is 0.0158. The summed E-state index contributed by atoms with van der Waals surface area (Å²) >= 11 is 0. The molecule has 13 aromatic rings. The maximum absolute atomic E-state index is 4.86. The molecular formula is C88H90N8. The van der Waals surface area contributed by atoms with Crippen LogP contribution in [-0.2, 0) is 73.0 Å². The van der Waals surface area contributed by atoms with Crippen LogP contribution in [0.15, 0.2) is 158 Å². The smallest absolute Gasteiger partial charge is 0.125 e. The lowest BCUT2D eigenvalue weighted by atomic mass is 9.78. The fraction of sp³-hybridized carbons (Fsp3) is 0.318. The molecule has 0 radical (unpaired) electrons. The van der Waals surface area contributed by atoms with E-state index in [-0.39, 0.29) is 21.7 Å². The van der Waals surface area contributed by atoms with E-state index in [2.05, 4.69) is 241 Å². The summed E-state index contributed by atoms with van der Waals surface area (Å²) in [4.78, 5) is 38.4. The highest BCUT2D eigenvalue weighted by atomic mass is 14.9. The van der Waals surface area contributed by atoms with Crippen molar-refractivity contribution >= 4 is 53.9 Å². The lowest BCUT2D eigenvalue weighted by Gasteiger charge is -2.29. The van der Waals surface area contributed by atoms with E-state index >= 15 is 0 Å². The fourth-order valence-electron chi connectivity index (χ4n) is 15.7. The van der Waals surface area contributed by atoms with Crippen LogP contribution in [0.2, 0.25) is 0 Å². The van der Waals surface area contributed by atoms with Crippen molar-refractivity contribution in [2.45, 2.75) is 184 Å². The van der Waals surface area contributed by atoms with E-state index < -0.39 is 0 Å². The van der Waals surface area contributed by atoms with Gasteiger partial charge < -0.3 is 0 Å². The van der Waals surface area contributed by atoms with Gasteiger partial charge in [-0.25, -0.2) is 39.9 Å². The van der Waals surface area contributed by atoms with Crippen molar-refractivity contribution < 1.29 is 0 Å². The lowest BCUT2D eigenvalue weighted by molar-refractivity contribution is 0.552. The average Bonchev–Trinajstić information content (AvgIpc) is 0.747. The second kappa shape index (κ2) is 24.4. The zero-order valence-electron chi connectivity index (χ0n) is 59.2. The molecule has 0 aliphatic heterocycles. The van der Waals surface area contributed by atoms with Crippen LogP contribution in [-0.4, -0.2) is 39.9 Å². The van der Waals surface area contributed by atoms with Gasteiger partial charge in [-0.05, 0) is 126 Å². The molecule has 0 amide bonds. The lowest BCUT2D eigenvalue weighted by Crippen LogP contribution is -2.23. The van der Waals surface area contributed by atoms with Crippen LogP contribution in [0.5, 0.6) is 0 Å². The fourth-order valence-corrected chi connectivity index (χ4v) is 15.7. The summed E-state index contributed by atoms with van der Waals surface area (Å²) in [6, 6.07) is 57.3. The van der Waals surface area contributed by atoms with Crippen LogP contribution in [0, 0.1) is 27.7 Å². The summed E-state index contributed by atoms with van der Waals surface area (Å²) in [6.07, 6.45) is 7.40. The van der Waals surface area contributed by atoms with Crippen LogP contribution in [0.4, 0.5) is 0 Å². The Kier molecular flexibility index (Phi) is 16.2. The number of hydrogen-bond donors (Lipinski definition) is 0. The van der Waals surface area contributed by atoms with Crippen molar-refractivity contribution in [1.82, 2.24) is 39.9 Å². The third kappa shape index (κ3) is 12.3. The van der Waals surface area contributed by atoms with Gasteiger partial charge in [-0.3, -0.25) is 0 Å². The molecule has 4 aliphatic rings. The zero-order valence-corrected chi connectivity index (χ0v) is 59.2. The highest BCUT2D eigenvalue weighted by molar-refractivity contribution is 6.11. The minimum absolute atomic E-state index is 0.0158. The molecular weight excluding hydrogens is 1170 g/mol. The predicted octanol–water partition coefficient (Wildman–Crippen LogP) is 20.1. The van der Waals surface area contributed by atoms with E-state index in [9.17, 15) is 0 Å². The summed E-state index contributed by atoms with van der Waals surface area (Å²) in [6.45, 7) is 35.0. The van der Waals surface area contributed by atoms with Crippen LogP contribution in [0.1, 0.15) is 219 Å². The highest BCUT2D eigenvalue weighted by Gasteiger charge is 2.33. The summed E-state index contributed by atoms with van der Waals surface area (Å²) in [7, 11) is 0. The molecule has 17 rings (SSSR count). The normalized spacial score (nSPS) is 13.7. The molecule has 0 unspecified atom stereocenters. The summed E-state index contributed by atoms with van der Waals surface area (Å²) in [5.41, 5.74) is 26.6. The number of benzene rings is 9. The molecule has 482 valence electrons. The molecule has 8 nitrogen and oxygen atoms in total. The summed E-state index contributed by atoms with van der Waals surface area (Å²) in [5.74, 6) is 3.54. The van der Waals surface area contributed by atoms with Crippen molar-refractivity contribution in [3.8, 4) is 0 Å². The molecule has 96 heavy (non-hydrogen) atoms. The van der Waals surface area contributed by atoms with Gasteiger partial charge in [0, 0.05) is 95.3 Å². The Morgan fingerprint density at radius 1 is 0.219 bits per heavy atom. The highest BCUT2D eigenvalue weighted by Crippen LogP contribution is 2.43. The zero-order chi connectivity index (χ0) is 67.3. The molecule has 0 N–H and O–H groups in total. The largest absolute Gasteiger partial charge is 0.238 e. The number of nitrogens with zero attached hydrogens (tertiary/aromatic N) is 8. The number of hydrogen-bond acceptors (Lipinski definition) is 8. The third-order valence-corrected chi connectivity index (χ3v) is 20.0. The first kappa shape index (κ1) is 64.0. The molecule has 9 aromatic carbocycles. The Balaban J connectivity index is 0.000000110. The van der Waals surface area contributed by atoms with Gasteiger partial charge in [0.05, 0.1) is 45.6 Å². The van der Waals surface area contributed by atoms with Crippen molar-refractivity contribution in [2.75, 3.05) is 0 Å². The number of aryl methyl sites for hydroxylation is 4. The van der Waals surface area contributed by atoms with Crippen LogP contribution in [0.25, 0.3) is 53.9 Å². The molecule has 0 atom stereocenters. The van der Waals surface area contributed by atoms with Crippen molar-refractivity contribution in [3.63, 3.8) is 0 Å². The van der Waals surface area contributed by atoms with E-state index in [0.29, 0.717) is 0 Å². The van der Waals surface area contributed by atoms with E-state index in [0.717, 1.165) is 74.7 Å². The Bertz CT molecular complexity index is 5220. The van der Waals surface area contributed by atoms with Gasteiger partial charge >= 0.3 is 0 Å². The Labute approximate surface area is 567 Å². The van der Waals surface area contributed by atoms with Gasteiger partial charge in [0.15, 0.2) is 0 Å². The molecule has 0 saturated carbocycles. The van der Waals surface area contributed by atoms with Gasteiger partial charge in [-0.15, -0.1) is 0 Å². The Hall–Kier alpha value is -9.40. The van der Waals surface area contributed by atoms with E-state index in [1.165, 1.54) is 166 Å². The van der Waals surface area contributed by atoms with Gasteiger partial charge in [0.25, 0.3) is 0 Å². The maximum atomic E-state index is 4.86. The SMILES string of the molecule is Cc1nc2c(c(C(C)(C)C)n1)Cc1c(c3ccccc3c3ccccc13)C2.Cc1nc2c(c(C(C)(C)C)n1)Cc1c(ccc3ccccc13)C2.Cc1nc2c(c(C(C)(C)C)n1)Cc1cc3ccccc3cc1C2.Cc1nc2c(c(C(C)(C)C)n1)Cc1ccc3ccccc3c1C2. The van der Waals surface area contributed by atoms with E-state index in [4.69, 9.17) is 39.9 Å². The minimum Gasteiger partial charge on any atom is -0.238 e. The molecule has 4 aliphatic carbocycles. The van der Waals surface area contributed by atoms with Crippen molar-refractivity contribution in [1.29, 1.82) is 0 Å². The first-order chi connectivity index (χ1) is 45.7. The van der Waals surface area contributed by atoms with Crippen LogP contribution in [0.3, 0.4) is 0 Å². The summed E-state index contributed by atoms with van der Waals surface area (Å²) in [5, 5.41) is 13.4. The van der Waals surface area contributed by atoms with Crippen LogP contribution < -0.4 is 0 Å².